The Morgan fingerprint density at radius 2 is 1.48 bits per heavy atom. The minimum Gasteiger partial charge on any atom is -0.388 e. The maximum Gasteiger partial charge on any atom is 0.0790 e. The Kier molecular flexibility index (Phi) is 5.09. The normalized spacial score (nSPS) is 13.8. The smallest absolute Gasteiger partial charge is 0.0790 e. The van der Waals surface area contributed by atoms with Crippen molar-refractivity contribution in [3.05, 3.63) is 83.9 Å². The van der Waals surface area contributed by atoms with E-state index in [4.69, 9.17) is 0 Å². The molecule has 0 aromatic heterocycles. The van der Waals surface area contributed by atoms with E-state index in [9.17, 15) is 5.11 Å². The van der Waals surface area contributed by atoms with E-state index in [0.717, 1.165) is 24.8 Å². The fourth-order valence-electron chi connectivity index (χ4n) is 3.15. The second-order valence-electron chi connectivity index (χ2n) is 6.49. The molecule has 2 unspecified atom stereocenters. The molecule has 1 N–H and O–H groups in total. The van der Waals surface area contributed by atoms with E-state index in [2.05, 4.69) is 49.4 Å². The second kappa shape index (κ2) is 7.43. The van der Waals surface area contributed by atoms with Gasteiger partial charge < -0.3 is 5.11 Å². The molecule has 0 bridgehead atoms. The summed E-state index contributed by atoms with van der Waals surface area (Å²) in [4.78, 5) is 0. The first-order valence-electron chi connectivity index (χ1n) is 8.43. The van der Waals surface area contributed by atoms with E-state index in [1.807, 2.05) is 30.3 Å². The van der Waals surface area contributed by atoms with Crippen LogP contribution in [0.3, 0.4) is 0 Å². The Balaban J connectivity index is 1.57. The highest BCUT2D eigenvalue weighted by Crippen LogP contribution is 2.24. The Morgan fingerprint density at radius 3 is 2.26 bits per heavy atom. The first kappa shape index (κ1) is 15.8. The fourth-order valence-corrected chi connectivity index (χ4v) is 3.15. The van der Waals surface area contributed by atoms with Crippen molar-refractivity contribution >= 4 is 10.8 Å². The zero-order chi connectivity index (χ0) is 16.1. The number of fused-ring (bicyclic) bond motifs is 1. The fraction of sp³-hybridized carbons (Fsp3) is 0.273. The first-order chi connectivity index (χ1) is 11.2. The summed E-state index contributed by atoms with van der Waals surface area (Å²) in [6.07, 6.45) is 2.56. The van der Waals surface area contributed by atoms with E-state index >= 15 is 0 Å². The van der Waals surface area contributed by atoms with Crippen LogP contribution in [0.5, 0.6) is 0 Å². The van der Waals surface area contributed by atoms with E-state index < -0.39 is 0 Å². The van der Waals surface area contributed by atoms with Crippen LogP contribution < -0.4 is 0 Å². The predicted octanol–water partition coefficient (Wildman–Crippen LogP) is 5.53. The topological polar surface area (TPSA) is 20.2 Å². The minimum atomic E-state index is -0.352. The molecular formula is C22H24O. The molecule has 0 aliphatic heterocycles. The van der Waals surface area contributed by atoms with E-state index in [0.29, 0.717) is 5.92 Å². The van der Waals surface area contributed by atoms with Crippen molar-refractivity contribution in [2.75, 3.05) is 0 Å². The molecular weight excluding hydrogens is 280 g/mol. The number of rotatable bonds is 6. The second-order valence-corrected chi connectivity index (χ2v) is 6.49. The summed E-state index contributed by atoms with van der Waals surface area (Å²) in [5.41, 5.74) is 2.40. The molecule has 118 valence electrons. The summed E-state index contributed by atoms with van der Waals surface area (Å²) >= 11 is 0. The molecule has 0 radical (unpaired) electrons. The SMILES string of the molecule is CC(CCC(O)c1ccccc1)Cc1ccc2ccccc2c1. The van der Waals surface area contributed by atoms with Gasteiger partial charge in [-0.1, -0.05) is 79.7 Å². The third-order valence-corrected chi connectivity index (χ3v) is 4.52. The van der Waals surface area contributed by atoms with Gasteiger partial charge in [0.25, 0.3) is 0 Å². The zero-order valence-electron chi connectivity index (χ0n) is 13.7. The average Bonchev–Trinajstić information content (AvgIpc) is 2.60. The highest BCUT2D eigenvalue weighted by molar-refractivity contribution is 5.82. The molecule has 3 aromatic rings. The summed E-state index contributed by atoms with van der Waals surface area (Å²) in [7, 11) is 0. The lowest BCUT2D eigenvalue weighted by Gasteiger charge is -2.15. The van der Waals surface area contributed by atoms with Gasteiger partial charge in [-0.25, -0.2) is 0 Å². The van der Waals surface area contributed by atoms with Crippen molar-refractivity contribution < 1.29 is 5.11 Å². The van der Waals surface area contributed by atoms with Crippen LogP contribution in [0.15, 0.2) is 72.8 Å². The van der Waals surface area contributed by atoms with Gasteiger partial charge in [0, 0.05) is 0 Å². The quantitative estimate of drug-likeness (QED) is 0.634. The van der Waals surface area contributed by atoms with Gasteiger partial charge in [0.15, 0.2) is 0 Å². The Bertz CT molecular complexity index is 748. The Morgan fingerprint density at radius 1 is 0.783 bits per heavy atom. The molecule has 1 heteroatoms. The number of hydrogen-bond acceptors (Lipinski definition) is 1. The van der Waals surface area contributed by atoms with Crippen molar-refractivity contribution in [1.29, 1.82) is 0 Å². The highest BCUT2D eigenvalue weighted by atomic mass is 16.3. The zero-order valence-corrected chi connectivity index (χ0v) is 13.7. The summed E-state index contributed by atoms with van der Waals surface area (Å²) in [5.74, 6) is 0.564. The van der Waals surface area contributed by atoms with Crippen molar-refractivity contribution in [2.45, 2.75) is 32.3 Å². The van der Waals surface area contributed by atoms with Crippen LogP contribution in [-0.4, -0.2) is 5.11 Å². The number of hydrogen-bond donors (Lipinski definition) is 1. The van der Waals surface area contributed by atoms with E-state index in [1.165, 1.54) is 16.3 Å². The van der Waals surface area contributed by atoms with Crippen LogP contribution in [0.1, 0.15) is 37.0 Å². The van der Waals surface area contributed by atoms with Crippen molar-refractivity contribution in [3.8, 4) is 0 Å². The third-order valence-electron chi connectivity index (χ3n) is 4.52. The largest absolute Gasteiger partial charge is 0.388 e. The highest BCUT2D eigenvalue weighted by Gasteiger charge is 2.10. The molecule has 1 nitrogen and oxygen atoms in total. The van der Waals surface area contributed by atoms with Crippen LogP contribution in [0, 0.1) is 5.92 Å². The van der Waals surface area contributed by atoms with Crippen molar-refractivity contribution in [3.63, 3.8) is 0 Å². The maximum atomic E-state index is 10.3. The van der Waals surface area contributed by atoms with Crippen LogP contribution in [0.4, 0.5) is 0 Å². The van der Waals surface area contributed by atoms with Crippen LogP contribution in [-0.2, 0) is 6.42 Å². The van der Waals surface area contributed by atoms with Crippen molar-refractivity contribution in [2.24, 2.45) is 5.92 Å². The van der Waals surface area contributed by atoms with Gasteiger partial charge in [-0.2, -0.15) is 0 Å². The van der Waals surface area contributed by atoms with Gasteiger partial charge in [-0.05, 0) is 47.1 Å². The third kappa shape index (κ3) is 4.20. The standard InChI is InChI=1S/C22H24O/c1-17(11-14-22(23)20-8-3-2-4-9-20)15-18-12-13-19-7-5-6-10-21(19)16-18/h2-10,12-13,16-17,22-23H,11,14-15H2,1H3. The number of benzene rings is 3. The molecule has 3 rings (SSSR count). The monoisotopic (exact) mass is 304 g/mol. The number of aliphatic hydroxyl groups is 1. The molecule has 0 aliphatic carbocycles. The molecule has 3 aromatic carbocycles. The van der Waals surface area contributed by atoms with Gasteiger partial charge in [0.2, 0.25) is 0 Å². The van der Waals surface area contributed by atoms with E-state index in [1.54, 1.807) is 0 Å². The Hall–Kier alpha value is -2.12. The minimum absolute atomic E-state index is 0.352. The maximum absolute atomic E-state index is 10.3. The van der Waals surface area contributed by atoms with Crippen molar-refractivity contribution in [1.82, 2.24) is 0 Å². The first-order valence-corrected chi connectivity index (χ1v) is 8.43. The molecule has 0 saturated heterocycles. The van der Waals surface area contributed by atoms with Crippen LogP contribution >= 0.6 is 0 Å². The summed E-state index contributed by atoms with van der Waals surface area (Å²) in [5, 5.41) is 12.9. The summed E-state index contributed by atoms with van der Waals surface area (Å²) in [6.45, 7) is 2.27. The lowest BCUT2D eigenvalue weighted by Crippen LogP contribution is -2.04. The van der Waals surface area contributed by atoms with Gasteiger partial charge in [0.1, 0.15) is 0 Å². The van der Waals surface area contributed by atoms with Gasteiger partial charge in [0.05, 0.1) is 6.10 Å². The molecule has 0 spiro atoms. The van der Waals surface area contributed by atoms with Gasteiger partial charge in [-0.3, -0.25) is 0 Å². The van der Waals surface area contributed by atoms with Crippen LogP contribution in [0.25, 0.3) is 10.8 Å². The lowest BCUT2D eigenvalue weighted by atomic mass is 9.92. The van der Waals surface area contributed by atoms with Crippen LogP contribution in [0.2, 0.25) is 0 Å². The Labute approximate surface area is 138 Å². The molecule has 23 heavy (non-hydrogen) atoms. The molecule has 0 heterocycles. The lowest BCUT2D eigenvalue weighted by molar-refractivity contribution is 0.158. The molecule has 0 aliphatic rings. The molecule has 2 atom stereocenters. The summed E-state index contributed by atoms with van der Waals surface area (Å²) in [6, 6.07) is 25.2. The summed E-state index contributed by atoms with van der Waals surface area (Å²) < 4.78 is 0. The molecule has 0 saturated carbocycles. The van der Waals surface area contributed by atoms with E-state index in [-0.39, 0.29) is 6.10 Å². The van der Waals surface area contributed by atoms with Gasteiger partial charge in [-0.15, -0.1) is 0 Å². The average molecular weight is 304 g/mol. The number of aliphatic hydroxyl groups excluding tert-OH is 1. The molecule has 0 fully saturated rings. The van der Waals surface area contributed by atoms with Gasteiger partial charge >= 0.3 is 0 Å². The predicted molar refractivity (Wildman–Crippen MR) is 97.5 cm³/mol. The molecule has 0 amide bonds.